The highest BCUT2D eigenvalue weighted by Crippen LogP contribution is 2.35. The van der Waals surface area contributed by atoms with Gasteiger partial charge in [-0.25, -0.2) is 4.98 Å². The van der Waals surface area contributed by atoms with Crippen LogP contribution in [0.15, 0.2) is 5.16 Å². The summed E-state index contributed by atoms with van der Waals surface area (Å²) in [6, 6.07) is 0. The number of aryl methyl sites for hydroxylation is 1. The summed E-state index contributed by atoms with van der Waals surface area (Å²) in [4.78, 5) is 16.5. The molecule has 0 amide bonds. The van der Waals surface area contributed by atoms with Crippen molar-refractivity contribution < 1.29 is 9.53 Å². The van der Waals surface area contributed by atoms with E-state index in [0.717, 1.165) is 31.5 Å². The molecule has 1 fully saturated rings. The van der Waals surface area contributed by atoms with E-state index in [2.05, 4.69) is 42.9 Å². The number of thioether (sulfide) groups is 1. The first kappa shape index (κ1) is 18.3. The van der Waals surface area contributed by atoms with Crippen LogP contribution in [0.25, 0.3) is 0 Å². The van der Waals surface area contributed by atoms with Gasteiger partial charge in [0.2, 0.25) is 5.16 Å². The highest BCUT2D eigenvalue weighted by molar-refractivity contribution is 7.99. The van der Waals surface area contributed by atoms with Gasteiger partial charge in [0.1, 0.15) is 11.9 Å². The van der Waals surface area contributed by atoms with Gasteiger partial charge in [0.15, 0.2) is 0 Å². The normalized spacial score (nSPS) is 24.8. The molecular formula is C17H29N3O2S. The first-order chi connectivity index (χ1) is 11.0. The van der Waals surface area contributed by atoms with Crippen LogP contribution in [0, 0.1) is 17.8 Å². The number of rotatable bonds is 7. The van der Waals surface area contributed by atoms with E-state index in [1.807, 2.05) is 0 Å². The SMILES string of the molecule is CCCc1nc(SCC(=O)OC2CC(C)CCC2C(C)C)n[nH]1. The zero-order valence-corrected chi connectivity index (χ0v) is 15.5. The van der Waals surface area contributed by atoms with Crippen molar-refractivity contribution in [3.05, 3.63) is 5.82 Å². The van der Waals surface area contributed by atoms with Crippen molar-refractivity contribution in [3.63, 3.8) is 0 Å². The number of nitrogens with zero attached hydrogens (tertiary/aromatic N) is 2. The van der Waals surface area contributed by atoms with Crippen LogP contribution >= 0.6 is 11.8 Å². The number of aromatic amines is 1. The van der Waals surface area contributed by atoms with Crippen LogP contribution in [0.2, 0.25) is 0 Å². The van der Waals surface area contributed by atoms with Gasteiger partial charge in [0, 0.05) is 6.42 Å². The minimum atomic E-state index is -0.151. The molecule has 0 spiro atoms. The predicted octanol–water partition coefficient (Wildman–Crippen LogP) is 3.85. The molecule has 1 N–H and O–H groups in total. The van der Waals surface area contributed by atoms with Crippen LogP contribution in [-0.4, -0.2) is 33.0 Å². The van der Waals surface area contributed by atoms with E-state index in [4.69, 9.17) is 4.74 Å². The van der Waals surface area contributed by atoms with E-state index in [0.29, 0.717) is 22.9 Å². The average molecular weight is 340 g/mol. The first-order valence-electron chi connectivity index (χ1n) is 8.73. The summed E-state index contributed by atoms with van der Waals surface area (Å²) < 4.78 is 5.79. The Kier molecular flexibility index (Phi) is 6.93. The maximum atomic E-state index is 12.2. The van der Waals surface area contributed by atoms with Gasteiger partial charge in [0.05, 0.1) is 5.75 Å². The van der Waals surface area contributed by atoms with E-state index in [1.54, 1.807) is 0 Å². The molecule has 130 valence electrons. The van der Waals surface area contributed by atoms with Crippen molar-refractivity contribution in [1.29, 1.82) is 0 Å². The molecular weight excluding hydrogens is 310 g/mol. The van der Waals surface area contributed by atoms with Crippen molar-refractivity contribution in [2.24, 2.45) is 17.8 Å². The predicted molar refractivity (Wildman–Crippen MR) is 92.3 cm³/mol. The summed E-state index contributed by atoms with van der Waals surface area (Å²) in [5.74, 6) is 2.68. The van der Waals surface area contributed by atoms with Gasteiger partial charge in [-0.2, -0.15) is 0 Å². The van der Waals surface area contributed by atoms with E-state index in [9.17, 15) is 4.79 Å². The Morgan fingerprint density at radius 2 is 2.22 bits per heavy atom. The highest BCUT2D eigenvalue weighted by Gasteiger charge is 2.33. The Hall–Kier alpha value is -1.04. The number of H-pyrrole nitrogens is 1. The van der Waals surface area contributed by atoms with E-state index in [-0.39, 0.29) is 17.8 Å². The molecule has 0 radical (unpaired) electrons. The Labute approximate surface area is 143 Å². The Bertz CT molecular complexity index is 504. The monoisotopic (exact) mass is 339 g/mol. The molecule has 23 heavy (non-hydrogen) atoms. The summed E-state index contributed by atoms with van der Waals surface area (Å²) in [5.41, 5.74) is 0. The second-order valence-electron chi connectivity index (χ2n) is 6.96. The van der Waals surface area contributed by atoms with Crippen molar-refractivity contribution in [1.82, 2.24) is 15.2 Å². The van der Waals surface area contributed by atoms with E-state index in [1.165, 1.54) is 18.2 Å². The number of aromatic nitrogens is 3. The number of carbonyl (C=O) groups is 1. The molecule has 0 bridgehead atoms. The molecule has 1 aliphatic rings. The third kappa shape index (κ3) is 5.52. The molecule has 3 atom stereocenters. The second kappa shape index (κ2) is 8.71. The molecule has 1 aromatic heterocycles. The zero-order valence-electron chi connectivity index (χ0n) is 14.7. The summed E-state index contributed by atoms with van der Waals surface area (Å²) in [5, 5.41) is 7.66. The summed E-state index contributed by atoms with van der Waals surface area (Å²) in [7, 11) is 0. The molecule has 1 heterocycles. The fourth-order valence-corrected chi connectivity index (χ4v) is 3.87. The summed E-state index contributed by atoms with van der Waals surface area (Å²) in [6.07, 6.45) is 5.36. The molecule has 0 aromatic carbocycles. The van der Waals surface area contributed by atoms with Gasteiger partial charge in [-0.05, 0) is 37.0 Å². The maximum absolute atomic E-state index is 12.2. The molecule has 1 aromatic rings. The number of nitrogens with one attached hydrogen (secondary N) is 1. The summed E-state index contributed by atoms with van der Waals surface area (Å²) >= 11 is 1.35. The highest BCUT2D eigenvalue weighted by atomic mass is 32.2. The molecule has 0 aliphatic heterocycles. The molecule has 2 rings (SSSR count). The maximum Gasteiger partial charge on any atom is 0.316 e. The fraction of sp³-hybridized carbons (Fsp3) is 0.824. The minimum Gasteiger partial charge on any atom is -0.461 e. The van der Waals surface area contributed by atoms with Crippen LogP contribution < -0.4 is 0 Å². The smallest absolute Gasteiger partial charge is 0.316 e. The van der Waals surface area contributed by atoms with E-state index < -0.39 is 0 Å². The van der Waals surface area contributed by atoms with Crippen molar-refractivity contribution in [3.8, 4) is 0 Å². The number of carbonyl (C=O) groups excluding carboxylic acids is 1. The second-order valence-corrected chi connectivity index (χ2v) is 7.90. The Balaban J connectivity index is 1.82. The van der Waals surface area contributed by atoms with Gasteiger partial charge in [-0.3, -0.25) is 9.89 Å². The van der Waals surface area contributed by atoms with E-state index >= 15 is 0 Å². The largest absolute Gasteiger partial charge is 0.461 e. The van der Waals surface area contributed by atoms with Gasteiger partial charge in [-0.1, -0.05) is 45.9 Å². The quantitative estimate of drug-likeness (QED) is 0.603. The van der Waals surface area contributed by atoms with Crippen molar-refractivity contribution in [2.75, 3.05) is 5.75 Å². The van der Waals surface area contributed by atoms with Gasteiger partial charge in [0.25, 0.3) is 0 Å². The number of ether oxygens (including phenoxy) is 1. The lowest BCUT2D eigenvalue weighted by atomic mass is 9.75. The zero-order chi connectivity index (χ0) is 16.8. The van der Waals surface area contributed by atoms with Gasteiger partial charge in [-0.15, -0.1) is 5.10 Å². The van der Waals surface area contributed by atoms with Crippen LogP contribution in [0.4, 0.5) is 0 Å². The van der Waals surface area contributed by atoms with Crippen molar-refractivity contribution in [2.45, 2.75) is 71.1 Å². The topological polar surface area (TPSA) is 67.9 Å². The lowest BCUT2D eigenvalue weighted by Crippen LogP contribution is -2.36. The average Bonchev–Trinajstić information content (AvgIpc) is 2.93. The number of hydrogen-bond donors (Lipinski definition) is 1. The number of hydrogen-bond acceptors (Lipinski definition) is 5. The molecule has 1 saturated carbocycles. The van der Waals surface area contributed by atoms with Gasteiger partial charge < -0.3 is 4.74 Å². The Morgan fingerprint density at radius 3 is 2.91 bits per heavy atom. The Morgan fingerprint density at radius 1 is 1.43 bits per heavy atom. The van der Waals surface area contributed by atoms with Crippen molar-refractivity contribution >= 4 is 17.7 Å². The first-order valence-corrected chi connectivity index (χ1v) is 9.71. The fourth-order valence-electron chi connectivity index (χ4n) is 3.27. The minimum absolute atomic E-state index is 0.0645. The summed E-state index contributed by atoms with van der Waals surface area (Å²) in [6.45, 7) is 8.79. The number of esters is 1. The molecule has 6 heteroatoms. The molecule has 5 nitrogen and oxygen atoms in total. The van der Waals surface area contributed by atoms with Gasteiger partial charge >= 0.3 is 5.97 Å². The molecule has 3 unspecified atom stereocenters. The van der Waals surface area contributed by atoms with Crippen LogP contribution in [0.5, 0.6) is 0 Å². The lowest BCUT2D eigenvalue weighted by molar-refractivity contribution is -0.152. The van der Waals surface area contributed by atoms with Crippen LogP contribution in [-0.2, 0) is 16.0 Å². The third-order valence-electron chi connectivity index (χ3n) is 4.56. The standard InChI is InChI=1S/C17H29N3O2S/c1-5-6-15-18-17(20-19-15)23-10-16(21)22-14-9-12(4)7-8-13(14)11(2)3/h11-14H,5-10H2,1-4H3,(H,18,19,20). The lowest BCUT2D eigenvalue weighted by Gasteiger charge is -2.36. The molecule has 1 aliphatic carbocycles. The van der Waals surface area contributed by atoms with Crippen LogP contribution in [0.1, 0.15) is 59.2 Å². The third-order valence-corrected chi connectivity index (χ3v) is 5.38. The van der Waals surface area contributed by atoms with Crippen LogP contribution in [0.3, 0.4) is 0 Å². The molecule has 0 saturated heterocycles.